The molecule has 0 unspecified atom stereocenters. The molecule has 0 heterocycles. The summed E-state index contributed by atoms with van der Waals surface area (Å²) in [5.41, 5.74) is 0. The van der Waals surface area contributed by atoms with E-state index in [4.69, 9.17) is 0 Å². The molecule has 0 aliphatic heterocycles. The molecule has 0 bridgehead atoms. The van der Waals surface area contributed by atoms with Crippen molar-refractivity contribution in [3.05, 3.63) is 0 Å². The molecule has 1 saturated carbocycles. The second-order valence-electron chi connectivity index (χ2n) is 3.30. The Hall–Kier alpha value is -1.06. The van der Waals surface area contributed by atoms with Crippen molar-refractivity contribution in [3.63, 3.8) is 0 Å². The van der Waals surface area contributed by atoms with Crippen LogP contribution in [-0.2, 0) is 14.3 Å². The van der Waals surface area contributed by atoms with Crippen LogP contribution >= 0.6 is 0 Å². The normalized spacial score (nSPS) is 17.9. The third-order valence-corrected chi connectivity index (χ3v) is 2.31. The topological polar surface area (TPSA) is 55.4 Å². The van der Waals surface area contributed by atoms with Crippen LogP contribution in [0.1, 0.15) is 32.1 Å². The highest BCUT2D eigenvalue weighted by atomic mass is 16.5. The Kier molecular flexibility index (Phi) is 3.73. The Labute approximate surface area is 77.6 Å². The van der Waals surface area contributed by atoms with Gasteiger partial charge in [-0.2, -0.15) is 0 Å². The molecule has 1 aliphatic carbocycles. The van der Waals surface area contributed by atoms with Gasteiger partial charge in [-0.3, -0.25) is 4.79 Å². The predicted molar refractivity (Wildman–Crippen MR) is 47.0 cm³/mol. The maximum Gasteiger partial charge on any atom is 0.396 e. The lowest BCUT2D eigenvalue weighted by atomic mass is 9.95. The van der Waals surface area contributed by atoms with Gasteiger partial charge in [0.25, 0.3) is 0 Å². The minimum Gasteiger partial charge on any atom is -0.462 e. The van der Waals surface area contributed by atoms with Crippen LogP contribution in [0, 0.1) is 0 Å². The summed E-state index contributed by atoms with van der Waals surface area (Å²) in [6.45, 7) is 0. The Bertz CT molecular complexity index is 197. The highest BCUT2D eigenvalue weighted by Gasteiger charge is 2.20. The van der Waals surface area contributed by atoms with Crippen LogP contribution in [0.4, 0.5) is 0 Å². The molecule has 1 rings (SSSR count). The lowest BCUT2D eigenvalue weighted by Gasteiger charge is -2.21. The van der Waals surface area contributed by atoms with E-state index in [0.717, 1.165) is 25.7 Å². The quantitative estimate of drug-likeness (QED) is 0.481. The van der Waals surface area contributed by atoms with Crippen LogP contribution in [0.5, 0.6) is 0 Å². The monoisotopic (exact) mass is 185 g/mol. The summed E-state index contributed by atoms with van der Waals surface area (Å²) in [6, 6.07) is 0.167. The fourth-order valence-electron chi connectivity index (χ4n) is 1.58. The third-order valence-electron chi connectivity index (χ3n) is 2.31. The molecule has 0 aromatic rings. The van der Waals surface area contributed by atoms with Gasteiger partial charge in [0, 0.05) is 6.04 Å². The first-order valence-electron chi connectivity index (χ1n) is 4.63. The highest BCUT2D eigenvalue weighted by Crippen LogP contribution is 2.17. The van der Waals surface area contributed by atoms with Crippen molar-refractivity contribution in [1.29, 1.82) is 0 Å². The summed E-state index contributed by atoms with van der Waals surface area (Å²) in [7, 11) is 1.21. The zero-order chi connectivity index (χ0) is 9.68. The summed E-state index contributed by atoms with van der Waals surface area (Å²) >= 11 is 0. The van der Waals surface area contributed by atoms with Gasteiger partial charge in [-0.05, 0) is 12.8 Å². The van der Waals surface area contributed by atoms with E-state index in [0.29, 0.717) is 0 Å². The van der Waals surface area contributed by atoms with Crippen LogP contribution in [0.3, 0.4) is 0 Å². The lowest BCUT2D eigenvalue weighted by molar-refractivity contribution is -0.153. The second-order valence-corrected chi connectivity index (χ2v) is 3.30. The molecular weight excluding hydrogens is 170 g/mol. The Morgan fingerprint density at radius 1 is 1.23 bits per heavy atom. The summed E-state index contributed by atoms with van der Waals surface area (Å²) < 4.78 is 4.30. The average Bonchev–Trinajstić information content (AvgIpc) is 2.18. The first kappa shape index (κ1) is 10.0. The molecule has 1 amide bonds. The maximum atomic E-state index is 11.1. The minimum absolute atomic E-state index is 0.167. The molecule has 1 fully saturated rings. The van der Waals surface area contributed by atoms with E-state index >= 15 is 0 Å². The Morgan fingerprint density at radius 2 is 1.85 bits per heavy atom. The highest BCUT2D eigenvalue weighted by molar-refractivity contribution is 6.32. The van der Waals surface area contributed by atoms with E-state index in [1.807, 2.05) is 0 Å². The van der Waals surface area contributed by atoms with E-state index in [9.17, 15) is 9.59 Å². The van der Waals surface area contributed by atoms with E-state index < -0.39 is 11.9 Å². The first-order chi connectivity index (χ1) is 6.24. The van der Waals surface area contributed by atoms with Crippen molar-refractivity contribution >= 4 is 11.9 Å². The van der Waals surface area contributed by atoms with Gasteiger partial charge in [0.1, 0.15) is 0 Å². The maximum absolute atomic E-state index is 11.1. The van der Waals surface area contributed by atoms with E-state index in [2.05, 4.69) is 10.1 Å². The van der Waals surface area contributed by atoms with Gasteiger partial charge < -0.3 is 10.1 Å². The van der Waals surface area contributed by atoms with Crippen LogP contribution < -0.4 is 5.32 Å². The number of methoxy groups -OCH3 is 1. The molecular formula is C9H15NO3. The Morgan fingerprint density at radius 3 is 2.38 bits per heavy atom. The SMILES string of the molecule is COC(=O)C(=O)NC1CCCCC1. The fraction of sp³-hybridized carbons (Fsp3) is 0.778. The standard InChI is InChI=1S/C9H15NO3/c1-13-9(12)8(11)10-7-5-3-2-4-6-7/h7H,2-6H2,1H3,(H,10,11). The van der Waals surface area contributed by atoms with Gasteiger partial charge in [-0.15, -0.1) is 0 Å². The molecule has 4 nitrogen and oxygen atoms in total. The summed E-state index contributed by atoms with van der Waals surface area (Å²) in [6.07, 6.45) is 5.44. The number of rotatable bonds is 1. The number of carbonyl (C=O) groups is 2. The van der Waals surface area contributed by atoms with Gasteiger partial charge in [-0.25, -0.2) is 4.79 Å². The molecule has 0 atom stereocenters. The summed E-state index contributed by atoms with van der Waals surface area (Å²) in [4.78, 5) is 21.8. The fourth-order valence-corrected chi connectivity index (χ4v) is 1.58. The zero-order valence-corrected chi connectivity index (χ0v) is 7.84. The molecule has 1 N–H and O–H groups in total. The molecule has 0 spiro atoms. The summed E-state index contributed by atoms with van der Waals surface area (Å²) in [5, 5.41) is 2.66. The van der Waals surface area contributed by atoms with Gasteiger partial charge in [0.2, 0.25) is 0 Å². The van der Waals surface area contributed by atoms with E-state index in [1.165, 1.54) is 13.5 Å². The van der Waals surface area contributed by atoms with Gasteiger partial charge in [0.05, 0.1) is 7.11 Å². The van der Waals surface area contributed by atoms with E-state index in [1.54, 1.807) is 0 Å². The van der Waals surface area contributed by atoms with Crippen molar-refractivity contribution in [2.75, 3.05) is 7.11 Å². The predicted octanol–water partition coefficient (Wildman–Crippen LogP) is 0.608. The van der Waals surface area contributed by atoms with Crippen LogP contribution in [0.25, 0.3) is 0 Å². The van der Waals surface area contributed by atoms with Crippen molar-refractivity contribution < 1.29 is 14.3 Å². The largest absolute Gasteiger partial charge is 0.462 e. The number of carbonyl (C=O) groups excluding carboxylic acids is 2. The smallest absolute Gasteiger partial charge is 0.396 e. The van der Waals surface area contributed by atoms with E-state index in [-0.39, 0.29) is 6.04 Å². The first-order valence-corrected chi connectivity index (χ1v) is 4.63. The van der Waals surface area contributed by atoms with Gasteiger partial charge in [-0.1, -0.05) is 19.3 Å². The summed E-state index contributed by atoms with van der Waals surface area (Å²) in [5.74, 6) is -1.42. The van der Waals surface area contributed by atoms with Crippen molar-refractivity contribution in [3.8, 4) is 0 Å². The second kappa shape index (κ2) is 4.84. The number of hydrogen-bond acceptors (Lipinski definition) is 3. The number of esters is 1. The molecule has 1 aliphatic rings. The minimum atomic E-state index is -0.800. The molecule has 74 valence electrons. The average molecular weight is 185 g/mol. The molecule has 4 heteroatoms. The van der Waals surface area contributed by atoms with Crippen molar-refractivity contribution in [2.45, 2.75) is 38.1 Å². The number of nitrogens with one attached hydrogen (secondary N) is 1. The molecule has 0 saturated heterocycles. The van der Waals surface area contributed by atoms with Gasteiger partial charge >= 0.3 is 11.9 Å². The molecule has 0 radical (unpaired) electrons. The number of amides is 1. The van der Waals surface area contributed by atoms with Crippen LogP contribution in [0.15, 0.2) is 0 Å². The molecule has 13 heavy (non-hydrogen) atoms. The van der Waals surface area contributed by atoms with Crippen LogP contribution in [0.2, 0.25) is 0 Å². The number of hydrogen-bond donors (Lipinski definition) is 1. The van der Waals surface area contributed by atoms with Crippen LogP contribution in [-0.4, -0.2) is 25.0 Å². The number of ether oxygens (including phenoxy) is 1. The Balaban J connectivity index is 2.30. The van der Waals surface area contributed by atoms with Crippen molar-refractivity contribution in [1.82, 2.24) is 5.32 Å². The lowest BCUT2D eigenvalue weighted by Crippen LogP contribution is -2.40. The van der Waals surface area contributed by atoms with Crippen molar-refractivity contribution in [2.24, 2.45) is 0 Å². The van der Waals surface area contributed by atoms with Gasteiger partial charge in [0.15, 0.2) is 0 Å². The zero-order valence-electron chi connectivity index (χ0n) is 7.84. The third kappa shape index (κ3) is 3.05. The molecule has 0 aromatic heterocycles. The molecule has 0 aromatic carbocycles.